The fraction of sp³-hybridized carbons (Fsp3) is 0.265. The molecule has 1 fully saturated rings. The lowest BCUT2D eigenvalue weighted by molar-refractivity contribution is -0.0766. The van der Waals surface area contributed by atoms with E-state index in [1.807, 2.05) is 24.3 Å². The largest absolute Gasteiger partial charge is 0.394 e. The summed E-state index contributed by atoms with van der Waals surface area (Å²) in [6.07, 6.45) is -3.12. The molecule has 1 aliphatic carbocycles. The van der Waals surface area contributed by atoms with E-state index in [1.165, 1.54) is 6.33 Å². The van der Waals surface area contributed by atoms with E-state index < -0.39 is 42.8 Å². The van der Waals surface area contributed by atoms with Crippen LogP contribution in [0, 0.1) is 0 Å². The summed E-state index contributed by atoms with van der Waals surface area (Å²) in [5.74, 6) is 0.324. The van der Waals surface area contributed by atoms with Crippen molar-refractivity contribution in [1.29, 1.82) is 0 Å². The second-order valence-corrected chi connectivity index (χ2v) is 12.1. The summed E-state index contributed by atoms with van der Waals surface area (Å²) in [6, 6.07) is 19.5. The van der Waals surface area contributed by atoms with Gasteiger partial charge in [0.15, 0.2) is 17.0 Å². The Bertz CT molecular complexity index is 2270. The van der Waals surface area contributed by atoms with Crippen LogP contribution >= 0.6 is 0 Å². The number of anilines is 1. The van der Waals surface area contributed by atoms with Gasteiger partial charge in [0.1, 0.15) is 37.0 Å². The Labute approximate surface area is 255 Å². The lowest BCUT2D eigenvalue weighted by atomic mass is 9.76. The van der Waals surface area contributed by atoms with Crippen LogP contribution in [0.4, 0.5) is 5.82 Å². The van der Waals surface area contributed by atoms with Crippen LogP contribution in [0.1, 0.15) is 35.9 Å². The van der Waals surface area contributed by atoms with Crippen LogP contribution in [0.25, 0.3) is 54.3 Å². The van der Waals surface area contributed by atoms with E-state index in [0.717, 1.165) is 43.1 Å². The number of nitrogens with zero attached hydrogens (tertiary/aromatic N) is 4. The normalized spacial score (nSPS) is 26.9. The molecule has 0 spiro atoms. The summed E-state index contributed by atoms with van der Waals surface area (Å²) in [5, 5.41) is 65.5. The van der Waals surface area contributed by atoms with Gasteiger partial charge in [-0.2, -0.15) is 0 Å². The van der Waals surface area contributed by atoms with Gasteiger partial charge in [0, 0.05) is 6.42 Å². The Hall–Kier alpha value is -4.49. The summed E-state index contributed by atoms with van der Waals surface area (Å²) in [5.41, 5.74) is 2.05. The van der Waals surface area contributed by atoms with Gasteiger partial charge in [0.25, 0.3) is 0 Å². The molecule has 2 aliphatic rings. The average molecular weight is 604 g/mol. The van der Waals surface area contributed by atoms with Crippen molar-refractivity contribution in [2.24, 2.45) is 0 Å². The number of imidazole rings is 1. The van der Waals surface area contributed by atoms with E-state index >= 15 is 0 Å². The molecule has 7 atom stereocenters. The second-order valence-electron chi connectivity index (χ2n) is 12.1. The van der Waals surface area contributed by atoms with Crippen molar-refractivity contribution in [2.45, 2.75) is 49.2 Å². The number of hydrogen-bond acceptors (Lipinski definition) is 10. The third kappa shape index (κ3) is 3.70. The molecule has 1 saturated heterocycles. The smallest absolute Gasteiger partial charge is 0.167 e. The highest BCUT2D eigenvalue weighted by Crippen LogP contribution is 2.49. The maximum absolute atomic E-state index is 11.6. The van der Waals surface area contributed by atoms with Crippen LogP contribution in [0.5, 0.6) is 0 Å². The maximum Gasteiger partial charge on any atom is 0.167 e. The van der Waals surface area contributed by atoms with Crippen LogP contribution in [0.2, 0.25) is 0 Å². The predicted molar refractivity (Wildman–Crippen MR) is 168 cm³/mol. The molecule has 45 heavy (non-hydrogen) atoms. The number of fused-ring (bicyclic) bond motifs is 6. The molecule has 6 N–H and O–H groups in total. The Morgan fingerprint density at radius 2 is 1.60 bits per heavy atom. The summed E-state index contributed by atoms with van der Waals surface area (Å²) in [6.45, 7) is -0.309. The molecule has 0 bridgehead atoms. The molecule has 11 nitrogen and oxygen atoms in total. The van der Waals surface area contributed by atoms with Gasteiger partial charge in [0.05, 0.1) is 25.1 Å². The predicted octanol–water partition coefficient (Wildman–Crippen LogP) is 3.44. The van der Waals surface area contributed by atoms with Gasteiger partial charge in [-0.1, -0.05) is 54.6 Å². The fourth-order valence-corrected chi connectivity index (χ4v) is 7.59. The molecule has 3 heterocycles. The minimum absolute atomic E-state index is 0.258. The highest BCUT2D eigenvalue weighted by molar-refractivity contribution is 6.34. The van der Waals surface area contributed by atoms with Gasteiger partial charge in [-0.25, -0.2) is 15.0 Å². The zero-order valence-electron chi connectivity index (χ0n) is 23.8. The fourth-order valence-electron chi connectivity index (χ4n) is 7.59. The molecule has 0 saturated carbocycles. The maximum atomic E-state index is 11.6. The molecule has 226 valence electrons. The van der Waals surface area contributed by atoms with Gasteiger partial charge in [-0.3, -0.25) is 4.57 Å². The molecular weight excluding hydrogens is 574 g/mol. The standard InChI is InChI=1S/C34H29N5O6/c40-12-22-21(41)11-23(45-22)39-14-37-29-33(35-13-36-34(29)39)38-28-27-20(30(42)32(44)31(28)43)10-16-9-8-15-4-3-7-18-17-5-1-2-6-19(17)26(27)25(16)24(15)18/h1-10,13-14,21-23,28,30-32,40-44H,11-12H2,(H,35,36,38)/t21-,22+,23-,28-,30+,31+,32-/m0/s1. The van der Waals surface area contributed by atoms with E-state index in [2.05, 4.69) is 56.7 Å². The quantitative estimate of drug-likeness (QED) is 0.130. The Balaban J connectivity index is 1.27. The minimum atomic E-state index is -1.46. The third-order valence-electron chi connectivity index (χ3n) is 9.70. The lowest BCUT2D eigenvalue weighted by Crippen LogP contribution is -2.44. The van der Waals surface area contributed by atoms with E-state index in [-0.39, 0.29) is 13.0 Å². The summed E-state index contributed by atoms with van der Waals surface area (Å²) in [4.78, 5) is 13.5. The number of ether oxygens (including phenoxy) is 1. The number of benzene rings is 5. The average Bonchev–Trinajstić information content (AvgIpc) is 3.68. The van der Waals surface area contributed by atoms with Crippen LogP contribution in [0.15, 0.2) is 73.3 Å². The molecule has 7 aromatic rings. The van der Waals surface area contributed by atoms with Crippen molar-refractivity contribution in [3.63, 3.8) is 0 Å². The van der Waals surface area contributed by atoms with E-state index in [1.54, 1.807) is 10.9 Å². The van der Waals surface area contributed by atoms with E-state index in [4.69, 9.17) is 4.74 Å². The second kappa shape index (κ2) is 9.75. The van der Waals surface area contributed by atoms with Gasteiger partial charge in [-0.15, -0.1) is 0 Å². The highest BCUT2D eigenvalue weighted by Gasteiger charge is 2.43. The Kier molecular flexibility index (Phi) is 5.82. The number of aliphatic hydroxyl groups excluding tert-OH is 5. The molecule has 0 unspecified atom stereocenters. The van der Waals surface area contributed by atoms with E-state index in [0.29, 0.717) is 28.1 Å². The minimum Gasteiger partial charge on any atom is -0.394 e. The molecule has 0 amide bonds. The molecule has 5 aromatic carbocycles. The number of hydrogen-bond donors (Lipinski definition) is 6. The molecule has 1 aliphatic heterocycles. The first-order chi connectivity index (χ1) is 21.9. The van der Waals surface area contributed by atoms with Crippen molar-refractivity contribution in [3.8, 4) is 0 Å². The van der Waals surface area contributed by atoms with Crippen molar-refractivity contribution in [2.75, 3.05) is 11.9 Å². The Morgan fingerprint density at radius 1 is 0.822 bits per heavy atom. The first-order valence-corrected chi connectivity index (χ1v) is 15.0. The lowest BCUT2D eigenvalue weighted by Gasteiger charge is -2.39. The molecule has 0 radical (unpaired) electrons. The number of aliphatic hydroxyl groups is 5. The monoisotopic (exact) mass is 603 g/mol. The van der Waals surface area contributed by atoms with Crippen LogP contribution < -0.4 is 5.32 Å². The van der Waals surface area contributed by atoms with Crippen molar-refractivity contribution in [1.82, 2.24) is 19.5 Å². The van der Waals surface area contributed by atoms with E-state index in [9.17, 15) is 25.5 Å². The third-order valence-corrected chi connectivity index (χ3v) is 9.70. The SMILES string of the molecule is OC[C@H]1O[C@H](n2cnc3c(N[C@H]4c5c(cc6ccc7cccc8c9ccccc9c5c6c78)[C@@H](O)[C@H](O)[C@@H]4O)ncnc32)C[C@@H]1O. The number of aromatic nitrogens is 4. The van der Waals surface area contributed by atoms with Crippen LogP contribution in [0.3, 0.4) is 0 Å². The zero-order chi connectivity index (χ0) is 30.6. The Morgan fingerprint density at radius 3 is 2.42 bits per heavy atom. The van der Waals surface area contributed by atoms with Crippen molar-refractivity contribution in [3.05, 3.63) is 84.4 Å². The highest BCUT2D eigenvalue weighted by atomic mass is 16.5. The van der Waals surface area contributed by atoms with Gasteiger partial charge in [0.2, 0.25) is 0 Å². The molecular formula is C34H29N5O6. The van der Waals surface area contributed by atoms with Crippen molar-refractivity contribution < 1.29 is 30.3 Å². The topological polar surface area (TPSA) is 166 Å². The molecule has 11 heteroatoms. The van der Waals surface area contributed by atoms with Gasteiger partial charge < -0.3 is 35.6 Å². The zero-order valence-corrected chi connectivity index (χ0v) is 23.8. The first kappa shape index (κ1) is 26.9. The van der Waals surface area contributed by atoms with Gasteiger partial charge in [-0.05, 0) is 60.3 Å². The van der Waals surface area contributed by atoms with Crippen LogP contribution in [-0.4, -0.2) is 76.1 Å². The number of nitrogens with one attached hydrogen (secondary N) is 1. The number of rotatable bonds is 4. The molecule has 9 rings (SSSR count). The summed E-state index contributed by atoms with van der Waals surface area (Å²) >= 11 is 0. The van der Waals surface area contributed by atoms with Gasteiger partial charge >= 0.3 is 0 Å². The van der Waals surface area contributed by atoms with Crippen LogP contribution in [-0.2, 0) is 4.74 Å². The first-order valence-electron chi connectivity index (χ1n) is 15.0. The summed E-state index contributed by atoms with van der Waals surface area (Å²) < 4.78 is 7.53. The van der Waals surface area contributed by atoms with Crippen molar-refractivity contribution >= 4 is 60.1 Å². The molecule has 2 aromatic heterocycles. The summed E-state index contributed by atoms with van der Waals surface area (Å²) in [7, 11) is 0.